The fourth-order valence-corrected chi connectivity index (χ4v) is 5.04. The summed E-state index contributed by atoms with van der Waals surface area (Å²) in [5.41, 5.74) is 4.37. The summed E-state index contributed by atoms with van der Waals surface area (Å²) in [5.74, 6) is -2.89. The van der Waals surface area contributed by atoms with Gasteiger partial charge in [0, 0.05) is 48.2 Å². The molecular weight excluding hydrogens is 442 g/mol. The molecule has 2 aliphatic rings. The molecule has 1 aromatic heterocycles. The third-order valence-corrected chi connectivity index (χ3v) is 7.03. The van der Waals surface area contributed by atoms with E-state index in [2.05, 4.69) is 9.88 Å². The highest BCUT2D eigenvalue weighted by Gasteiger charge is 2.59. The van der Waals surface area contributed by atoms with Gasteiger partial charge in [-0.3, -0.25) is 4.90 Å². The van der Waals surface area contributed by atoms with Crippen molar-refractivity contribution in [3.63, 3.8) is 0 Å². The number of rotatable bonds is 7. The average molecular weight is 471 g/mol. The number of carbonyl (C=O) groups is 1. The molecule has 34 heavy (non-hydrogen) atoms. The van der Waals surface area contributed by atoms with Crippen molar-refractivity contribution in [1.29, 1.82) is 0 Å². The lowest BCUT2D eigenvalue weighted by Crippen LogP contribution is -2.40. The van der Waals surface area contributed by atoms with Crippen LogP contribution in [0.15, 0.2) is 42.6 Å². The number of hydrogen-bond acceptors (Lipinski definition) is 4. The average Bonchev–Trinajstić information content (AvgIpc) is 3.19. The predicted octanol–water partition coefficient (Wildman–Crippen LogP) is 5.31. The third kappa shape index (κ3) is 4.28. The second-order valence-corrected chi connectivity index (χ2v) is 9.29. The van der Waals surface area contributed by atoms with Gasteiger partial charge in [-0.15, -0.1) is 0 Å². The molecule has 6 nitrogen and oxygen atoms in total. The smallest absolute Gasteiger partial charge is 0.335 e. The van der Waals surface area contributed by atoms with Gasteiger partial charge in [-0.25, -0.2) is 13.6 Å². The number of carboxylic acids is 1. The number of aromatic nitrogens is 1. The summed E-state index contributed by atoms with van der Waals surface area (Å²) < 4.78 is 38.4. The summed E-state index contributed by atoms with van der Waals surface area (Å²) >= 11 is 0. The van der Waals surface area contributed by atoms with Crippen LogP contribution in [0.25, 0.3) is 10.9 Å². The lowest BCUT2D eigenvalue weighted by atomic mass is 9.91. The zero-order valence-corrected chi connectivity index (χ0v) is 19.2. The molecule has 2 fully saturated rings. The highest BCUT2D eigenvalue weighted by atomic mass is 19.3. The number of ether oxygens (including phenoxy) is 2. The number of aromatic carboxylic acids is 1. The molecule has 2 heterocycles. The van der Waals surface area contributed by atoms with Crippen molar-refractivity contribution in [3.05, 3.63) is 64.8 Å². The van der Waals surface area contributed by atoms with Crippen LogP contribution in [0.1, 0.15) is 52.4 Å². The van der Waals surface area contributed by atoms with Crippen LogP contribution in [0, 0.1) is 6.92 Å². The van der Waals surface area contributed by atoms with E-state index in [9.17, 15) is 18.7 Å². The number of methoxy groups -OCH3 is 1. The number of piperidine rings is 1. The number of halogens is 2. The number of likely N-dealkylation sites (tertiary alicyclic amines) is 1. The van der Waals surface area contributed by atoms with Gasteiger partial charge in [-0.1, -0.05) is 12.1 Å². The summed E-state index contributed by atoms with van der Waals surface area (Å²) in [6, 6.07) is 10.8. The Hall–Kier alpha value is -2.97. The molecule has 1 aliphatic heterocycles. The number of H-pyrrole nitrogens is 1. The summed E-state index contributed by atoms with van der Waals surface area (Å²) in [5, 5.41) is 10.4. The van der Waals surface area contributed by atoms with E-state index < -0.39 is 18.0 Å². The quantitative estimate of drug-likeness (QED) is 0.489. The van der Waals surface area contributed by atoms with Crippen LogP contribution in [-0.4, -0.2) is 52.7 Å². The lowest BCUT2D eigenvalue weighted by Gasteiger charge is -2.40. The molecule has 0 radical (unpaired) electrons. The highest BCUT2D eigenvalue weighted by molar-refractivity contribution is 5.88. The zero-order valence-electron chi connectivity index (χ0n) is 19.2. The first kappa shape index (κ1) is 22.8. The number of aromatic amines is 1. The third-order valence-electron chi connectivity index (χ3n) is 7.03. The molecule has 180 valence electrons. The Bertz CT molecular complexity index is 1210. The van der Waals surface area contributed by atoms with E-state index in [0.29, 0.717) is 25.9 Å². The van der Waals surface area contributed by atoms with E-state index in [1.54, 1.807) is 19.2 Å². The van der Waals surface area contributed by atoms with Crippen molar-refractivity contribution < 1.29 is 28.2 Å². The predicted molar refractivity (Wildman–Crippen MR) is 124 cm³/mol. The minimum absolute atomic E-state index is 0.103. The van der Waals surface area contributed by atoms with Crippen molar-refractivity contribution in [3.8, 4) is 5.75 Å². The zero-order chi connectivity index (χ0) is 24.0. The first-order chi connectivity index (χ1) is 16.3. The van der Waals surface area contributed by atoms with Crippen molar-refractivity contribution in [2.24, 2.45) is 0 Å². The summed E-state index contributed by atoms with van der Waals surface area (Å²) in [6.45, 7) is 3.31. The first-order valence-electron chi connectivity index (χ1n) is 11.5. The van der Waals surface area contributed by atoms with Crippen LogP contribution in [0.5, 0.6) is 5.75 Å². The topological polar surface area (TPSA) is 74.8 Å². The number of hydrogen-bond donors (Lipinski definition) is 2. The second kappa shape index (κ2) is 8.67. The lowest BCUT2D eigenvalue weighted by molar-refractivity contribution is -0.0628. The monoisotopic (exact) mass is 470 g/mol. The molecule has 1 saturated heterocycles. The number of fused-ring (bicyclic) bond motifs is 1. The van der Waals surface area contributed by atoms with Gasteiger partial charge in [0.2, 0.25) is 0 Å². The molecule has 1 aliphatic carbocycles. The van der Waals surface area contributed by atoms with E-state index in [1.807, 2.05) is 37.4 Å². The van der Waals surface area contributed by atoms with Crippen LogP contribution in [0.2, 0.25) is 0 Å². The van der Waals surface area contributed by atoms with Gasteiger partial charge in [-0.05, 0) is 55.2 Å². The van der Waals surface area contributed by atoms with E-state index >= 15 is 0 Å². The van der Waals surface area contributed by atoms with Gasteiger partial charge >= 0.3 is 5.97 Å². The van der Waals surface area contributed by atoms with Gasteiger partial charge in [-0.2, -0.15) is 0 Å². The summed E-state index contributed by atoms with van der Waals surface area (Å²) in [6.07, 6.45) is 1.65. The minimum Gasteiger partial charge on any atom is -0.496 e. The Labute approximate surface area is 196 Å². The van der Waals surface area contributed by atoms with Gasteiger partial charge in [0.25, 0.3) is 5.92 Å². The summed E-state index contributed by atoms with van der Waals surface area (Å²) in [7, 11) is 1.66. The van der Waals surface area contributed by atoms with Gasteiger partial charge < -0.3 is 19.6 Å². The number of nitrogens with zero attached hydrogens (tertiary/aromatic N) is 1. The second-order valence-electron chi connectivity index (χ2n) is 9.29. The van der Waals surface area contributed by atoms with Gasteiger partial charge in [0.1, 0.15) is 11.9 Å². The summed E-state index contributed by atoms with van der Waals surface area (Å²) in [4.78, 5) is 16.9. The molecule has 8 heteroatoms. The van der Waals surface area contributed by atoms with Crippen LogP contribution in [-0.2, 0) is 11.3 Å². The molecule has 0 spiro atoms. The van der Waals surface area contributed by atoms with E-state index in [-0.39, 0.29) is 24.1 Å². The molecule has 3 atom stereocenters. The molecule has 1 unspecified atom stereocenters. The molecule has 2 aromatic carbocycles. The van der Waals surface area contributed by atoms with Gasteiger partial charge in [0.15, 0.2) is 0 Å². The maximum absolute atomic E-state index is 13.5. The van der Waals surface area contributed by atoms with Crippen molar-refractivity contribution >= 4 is 16.9 Å². The van der Waals surface area contributed by atoms with Crippen molar-refractivity contribution in [1.82, 2.24) is 9.88 Å². The fourth-order valence-electron chi connectivity index (χ4n) is 5.04. The van der Waals surface area contributed by atoms with Gasteiger partial charge in [0.05, 0.1) is 18.8 Å². The molecule has 2 N–H and O–H groups in total. The maximum atomic E-state index is 13.5. The van der Waals surface area contributed by atoms with E-state index in [0.717, 1.165) is 33.3 Å². The number of carboxylic acid groups (broad SMARTS) is 1. The Morgan fingerprint density at radius 3 is 2.65 bits per heavy atom. The van der Waals surface area contributed by atoms with Crippen LogP contribution >= 0.6 is 0 Å². The maximum Gasteiger partial charge on any atom is 0.335 e. The first-order valence-corrected chi connectivity index (χ1v) is 11.5. The molecule has 1 saturated carbocycles. The Kier molecular flexibility index (Phi) is 5.81. The van der Waals surface area contributed by atoms with E-state index in [4.69, 9.17) is 9.47 Å². The Morgan fingerprint density at radius 1 is 1.26 bits per heavy atom. The SMILES string of the molecule is COc1cc(C)c2[nH]ccc2c1CN1CC[C@@H](OC2CC2(F)F)C[C@@H]1c1ccc(C(=O)O)cc1. The van der Waals surface area contributed by atoms with Crippen LogP contribution < -0.4 is 4.74 Å². The molecule has 3 aromatic rings. The molecular formula is C26H28F2N2O4. The Morgan fingerprint density at radius 2 is 2.00 bits per heavy atom. The molecule has 0 amide bonds. The number of alkyl halides is 2. The van der Waals surface area contributed by atoms with E-state index in [1.165, 1.54) is 0 Å². The highest BCUT2D eigenvalue weighted by Crippen LogP contribution is 2.47. The van der Waals surface area contributed by atoms with Crippen molar-refractivity contribution in [2.75, 3.05) is 13.7 Å². The largest absolute Gasteiger partial charge is 0.496 e. The Balaban J connectivity index is 1.45. The minimum atomic E-state index is -2.72. The standard InChI is InChI=1S/C26H28F2N2O4/c1-15-11-22(33-2)20(19-7-9-29-24(15)19)14-30-10-8-18(34-23-13-26(23,27)28)12-21(30)16-3-5-17(6-4-16)25(31)32/h3-7,9,11,18,21,23,29H,8,10,12-14H2,1-2H3,(H,31,32)/t18-,21-,23?/m1/s1. The molecule has 5 rings (SSSR count). The molecule has 0 bridgehead atoms. The van der Waals surface area contributed by atoms with Crippen LogP contribution in [0.4, 0.5) is 8.78 Å². The number of nitrogens with one attached hydrogen (secondary N) is 1. The van der Waals surface area contributed by atoms with Crippen LogP contribution in [0.3, 0.4) is 0 Å². The van der Waals surface area contributed by atoms with Crippen molar-refractivity contribution in [2.45, 2.75) is 56.9 Å². The fraction of sp³-hybridized carbons (Fsp3) is 0.423. The number of benzene rings is 2. The number of aryl methyl sites for hydroxylation is 1. The normalized spacial score (nSPS) is 24.3.